The predicted octanol–water partition coefficient (Wildman–Crippen LogP) is 2.19. The Morgan fingerprint density at radius 3 is 2.57 bits per heavy atom. The lowest BCUT2D eigenvalue weighted by Crippen LogP contribution is -2.12. The third kappa shape index (κ3) is 2.88. The number of oxime groups is 1. The first-order chi connectivity index (χ1) is 6.77. The van der Waals surface area contributed by atoms with Gasteiger partial charge in [0, 0.05) is 10.9 Å². The van der Waals surface area contributed by atoms with Crippen LogP contribution >= 0.6 is 15.9 Å². The third-order valence-electron chi connectivity index (χ3n) is 1.71. The van der Waals surface area contributed by atoms with Gasteiger partial charge < -0.3 is 10.9 Å². The van der Waals surface area contributed by atoms with E-state index in [2.05, 4.69) is 21.1 Å². The van der Waals surface area contributed by atoms with Crippen molar-refractivity contribution in [2.45, 2.75) is 0 Å². The van der Waals surface area contributed by atoms with E-state index in [1.165, 1.54) is 0 Å². The Bertz CT molecular complexity index is 344. The lowest BCUT2D eigenvalue weighted by molar-refractivity contribution is 0.318. The second-order valence-corrected chi connectivity index (χ2v) is 3.31. The lowest BCUT2D eigenvalue weighted by atomic mass is 10.1. The van der Waals surface area contributed by atoms with Crippen molar-refractivity contribution in [3.63, 3.8) is 0 Å². The van der Waals surface area contributed by atoms with Gasteiger partial charge in [-0.25, -0.2) is 0 Å². The Labute approximate surface area is 91.1 Å². The van der Waals surface area contributed by atoms with Crippen LogP contribution in [0.25, 0.3) is 6.08 Å². The molecule has 14 heavy (non-hydrogen) atoms. The molecule has 0 heterocycles. The number of benzene rings is 1. The number of rotatable bonds is 3. The van der Waals surface area contributed by atoms with Crippen molar-refractivity contribution in [1.29, 1.82) is 0 Å². The molecule has 74 valence electrons. The Hall–Kier alpha value is -1.29. The number of hydrogen-bond donors (Lipinski definition) is 2. The fourth-order valence-corrected chi connectivity index (χ4v) is 1.19. The van der Waals surface area contributed by atoms with Gasteiger partial charge in [0.2, 0.25) is 0 Å². The lowest BCUT2D eigenvalue weighted by Gasteiger charge is -1.98. The number of amidine groups is 1. The van der Waals surface area contributed by atoms with Crippen LogP contribution in [0.4, 0.5) is 0 Å². The number of nitrogens with two attached hydrogens (primary N) is 1. The van der Waals surface area contributed by atoms with Gasteiger partial charge in [0.05, 0.1) is 0 Å². The van der Waals surface area contributed by atoms with Crippen molar-refractivity contribution < 1.29 is 5.21 Å². The summed E-state index contributed by atoms with van der Waals surface area (Å²) in [5, 5.41) is 12.2. The van der Waals surface area contributed by atoms with Crippen molar-refractivity contribution in [2.24, 2.45) is 10.9 Å². The van der Waals surface area contributed by atoms with Gasteiger partial charge in [0.15, 0.2) is 5.84 Å². The van der Waals surface area contributed by atoms with Gasteiger partial charge in [-0.1, -0.05) is 57.5 Å². The molecule has 0 bridgehead atoms. The molecule has 0 fully saturated rings. The number of hydrogen-bond acceptors (Lipinski definition) is 2. The van der Waals surface area contributed by atoms with Crippen molar-refractivity contribution in [3.05, 3.63) is 41.5 Å². The summed E-state index contributed by atoms with van der Waals surface area (Å²) in [7, 11) is 0. The molecule has 4 heteroatoms. The third-order valence-corrected chi connectivity index (χ3v) is 2.09. The fourth-order valence-electron chi connectivity index (χ4n) is 1.00. The van der Waals surface area contributed by atoms with Gasteiger partial charge in [0.25, 0.3) is 0 Å². The van der Waals surface area contributed by atoms with Crippen LogP contribution in [0.1, 0.15) is 11.1 Å². The van der Waals surface area contributed by atoms with Gasteiger partial charge in [-0.3, -0.25) is 0 Å². The van der Waals surface area contributed by atoms with Crippen LogP contribution in [0.3, 0.4) is 0 Å². The summed E-state index contributed by atoms with van der Waals surface area (Å²) in [6.07, 6.45) is 3.99. The first-order valence-corrected chi connectivity index (χ1v) is 5.20. The SMILES string of the molecule is NC(=NO)c1ccc(C=CCBr)cc1. The highest BCUT2D eigenvalue weighted by Gasteiger charge is 1.96. The quantitative estimate of drug-likeness (QED) is 0.286. The van der Waals surface area contributed by atoms with Crippen LogP contribution in [0.5, 0.6) is 0 Å². The molecule has 1 aromatic carbocycles. The van der Waals surface area contributed by atoms with E-state index in [1.54, 1.807) is 0 Å². The van der Waals surface area contributed by atoms with Gasteiger partial charge in [0.1, 0.15) is 0 Å². The van der Waals surface area contributed by atoms with E-state index in [4.69, 9.17) is 10.9 Å². The molecule has 0 unspecified atom stereocenters. The normalized spacial score (nSPS) is 12.2. The minimum Gasteiger partial charge on any atom is -0.409 e. The van der Waals surface area contributed by atoms with E-state index in [1.807, 2.05) is 36.4 Å². The minimum atomic E-state index is 0.126. The molecule has 1 rings (SSSR count). The summed E-state index contributed by atoms with van der Waals surface area (Å²) in [5.74, 6) is 0.126. The highest BCUT2D eigenvalue weighted by Crippen LogP contribution is 2.06. The molecule has 0 radical (unpaired) electrons. The summed E-state index contributed by atoms with van der Waals surface area (Å²) in [4.78, 5) is 0. The molecule has 1 aromatic rings. The summed E-state index contributed by atoms with van der Waals surface area (Å²) in [5.41, 5.74) is 7.21. The van der Waals surface area contributed by atoms with Crippen LogP contribution in [0.2, 0.25) is 0 Å². The monoisotopic (exact) mass is 254 g/mol. The summed E-state index contributed by atoms with van der Waals surface area (Å²) in [6, 6.07) is 7.44. The first kappa shape index (κ1) is 10.8. The van der Waals surface area contributed by atoms with Crippen molar-refractivity contribution in [1.82, 2.24) is 0 Å². The Balaban J connectivity index is 2.84. The van der Waals surface area contributed by atoms with E-state index in [0.29, 0.717) is 5.56 Å². The standard InChI is InChI=1S/C10H11BrN2O/c11-7-1-2-8-3-5-9(6-4-8)10(12)13-14/h1-6,14H,7H2,(H2,12,13). The maximum atomic E-state index is 8.44. The maximum absolute atomic E-state index is 8.44. The topological polar surface area (TPSA) is 58.6 Å². The molecule has 0 aliphatic heterocycles. The number of alkyl halides is 1. The molecule has 3 N–H and O–H groups in total. The summed E-state index contributed by atoms with van der Waals surface area (Å²) in [6.45, 7) is 0. The zero-order valence-corrected chi connectivity index (χ0v) is 9.11. The molecule has 0 aromatic heterocycles. The van der Waals surface area contributed by atoms with Gasteiger partial charge in [-0.15, -0.1) is 0 Å². The highest BCUT2D eigenvalue weighted by atomic mass is 79.9. The molecular formula is C10H11BrN2O. The average molecular weight is 255 g/mol. The molecule has 0 saturated carbocycles. The van der Waals surface area contributed by atoms with Crippen molar-refractivity contribution in [3.8, 4) is 0 Å². The molecule has 0 atom stereocenters. The molecule has 0 saturated heterocycles. The summed E-state index contributed by atoms with van der Waals surface area (Å²) >= 11 is 3.30. The fraction of sp³-hybridized carbons (Fsp3) is 0.100. The molecule has 0 spiro atoms. The van der Waals surface area contributed by atoms with E-state index in [0.717, 1.165) is 10.9 Å². The average Bonchev–Trinajstić information content (AvgIpc) is 2.26. The zero-order valence-electron chi connectivity index (χ0n) is 7.52. The molecule has 0 aliphatic carbocycles. The van der Waals surface area contributed by atoms with Crippen LogP contribution in [-0.2, 0) is 0 Å². The van der Waals surface area contributed by atoms with Crippen molar-refractivity contribution in [2.75, 3.05) is 5.33 Å². The predicted molar refractivity (Wildman–Crippen MR) is 61.8 cm³/mol. The number of allylic oxidation sites excluding steroid dienone is 1. The molecular weight excluding hydrogens is 244 g/mol. The van der Waals surface area contributed by atoms with Gasteiger partial charge in [-0.2, -0.15) is 0 Å². The minimum absolute atomic E-state index is 0.126. The Kier molecular flexibility index (Phi) is 4.19. The van der Waals surface area contributed by atoms with Crippen LogP contribution < -0.4 is 5.73 Å². The largest absolute Gasteiger partial charge is 0.409 e. The van der Waals surface area contributed by atoms with E-state index < -0.39 is 0 Å². The Morgan fingerprint density at radius 1 is 1.43 bits per heavy atom. The van der Waals surface area contributed by atoms with Gasteiger partial charge >= 0.3 is 0 Å². The van der Waals surface area contributed by atoms with Crippen LogP contribution in [0.15, 0.2) is 35.5 Å². The number of halogens is 1. The summed E-state index contributed by atoms with van der Waals surface area (Å²) < 4.78 is 0. The highest BCUT2D eigenvalue weighted by molar-refractivity contribution is 9.09. The first-order valence-electron chi connectivity index (χ1n) is 4.08. The molecule has 0 aliphatic rings. The second kappa shape index (κ2) is 5.44. The number of nitrogens with zero attached hydrogens (tertiary/aromatic N) is 1. The Morgan fingerprint density at radius 2 is 2.07 bits per heavy atom. The maximum Gasteiger partial charge on any atom is 0.170 e. The zero-order chi connectivity index (χ0) is 10.4. The molecule has 0 amide bonds. The second-order valence-electron chi connectivity index (χ2n) is 2.66. The van der Waals surface area contributed by atoms with Crippen molar-refractivity contribution >= 4 is 27.8 Å². The van der Waals surface area contributed by atoms with E-state index >= 15 is 0 Å². The van der Waals surface area contributed by atoms with Crippen LogP contribution in [-0.4, -0.2) is 16.4 Å². The van der Waals surface area contributed by atoms with E-state index in [-0.39, 0.29) is 5.84 Å². The smallest absolute Gasteiger partial charge is 0.170 e. The van der Waals surface area contributed by atoms with Crippen LogP contribution in [0, 0.1) is 0 Å². The molecule has 3 nitrogen and oxygen atoms in total. The van der Waals surface area contributed by atoms with E-state index in [9.17, 15) is 0 Å². The van der Waals surface area contributed by atoms with Gasteiger partial charge in [-0.05, 0) is 5.56 Å².